The van der Waals surface area contributed by atoms with Crippen LogP contribution in [0, 0.1) is 0 Å². The Morgan fingerprint density at radius 1 is 1.07 bits per heavy atom. The maximum atomic E-state index is 13.1. The molecule has 0 radical (unpaired) electrons. The molecular formula is C24H29BrN2O2. The minimum absolute atomic E-state index is 0.00269. The number of hydrogen-bond acceptors (Lipinski definition) is 2. The van der Waals surface area contributed by atoms with Crippen molar-refractivity contribution in [3.8, 4) is 0 Å². The molecule has 3 rings (SSSR count). The molecule has 154 valence electrons. The third-order valence-electron chi connectivity index (χ3n) is 5.58. The average Bonchev–Trinajstić information content (AvgIpc) is 3.23. The zero-order valence-electron chi connectivity index (χ0n) is 16.9. The molecule has 0 unspecified atom stereocenters. The second-order valence-corrected chi connectivity index (χ2v) is 8.72. The number of carbonyl (C=O) groups excluding carboxylic acids is 2. The normalized spacial score (nSPS) is 15.1. The van der Waals surface area contributed by atoms with Gasteiger partial charge in [-0.2, -0.15) is 0 Å². The first kappa shape index (κ1) is 21.6. The first-order valence-electron chi connectivity index (χ1n) is 10.4. The van der Waals surface area contributed by atoms with Crippen LogP contribution in [0.4, 0.5) is 0 Å². The number of nitrogens with one attached hydrogen (secondary N) is 1. The Bertz CT molecular complexity index is 819. The predicted octanol–water partition coefficient (Wildman–Crippen LogP) is 4.86. The number of aryl methyl sites for hydroxylation is 1. The van der Waals surface area contributed by atoms with Crippen LogP contribution in [0.1, 0.15) is 50.2 Å². The third kappa shape index (κ3) is 6.43. The van der Waals surface area contributed by atoms with Crippen molar-refractivity contribution in [2.24, 2.45) is 0 Å². The molecule has 2 aromatic carbocycles. The first-order valence-corrected chi connectivity index (χ1v) is 11.2. The molecule has 1 saturated carbocycles. The SMILES string of the molecule is C[C@@H](C(=O)NC1CCCC1)N(Cc1cccc(Br)c1)C(=O)CCc1ccccc1. The van der Waals surface area contributed by atoms with Crippen LogP contribution < -0.4 is 5.32 Å². The summed E-state index contributed by atoms with van der Waals surface area (Å²) in [5, 5.41) is 3.14. The lowest BCUT2D eigenvalue weighted by molar-refractivity contribution is -0.140. The van der Waals surface area contributed by atoms with Crippen molar-refractivity contribution in [3.63, 3.8) is 0 Å². The van der Waals surface area contributed by atoms with E-state index in [1.807, 2.05) is 61.5 Å². The summed E-state index contributed by atoms with van der Waals surface area (Å²) in [6.45, 7) is 2.26. The summed E-state index contributed by atoms with van der Waals surface area (Å²) in [4.78, 5) is 27.7. The molecule has 0 bridgehead atoms. The summed E-state index contributed by atoms with van der Waals surface area (Å²) in [7, 11) is 0. The van der Waals surface area contributed by atoms with Gasteiger partial charge in [0.25, 0.3) is 0 Å². The van der Waals surface area contributed by atoms with Gasteiger partial charge in [-0.3, -0.25) is 9.59 Å². The molecule has 2 amide bonds. The molecule has 1 aliphatic rings. The zero-order chi connectivity index (χ0) is 20.6. The summed E-state index contributed by atoms with van der Waals surface area (Å²) in [5.41, 5.74) is 2.14. The van der Waals surface area contributed by atoms with Gasteiger partial charge in [-0.05, 0) is 49.4 Å². The lowest BCUT2D eigenvalue weighted by Gasteiger charge is -2.30. The van der Waals surface area contributed by atoms with E-state index in [4.69, 9.17) is 0 Å². The standard InChI is InChI=1S/C24H29BrN2O2/c1-18(24(29)26-22-12-5-6-13-22)27(17-20-10-7-11-21(25)16-20)23(28)15-14-19-8-3-2-4-9-19/h2-4,7-11,16,18,22H,5-6,12-15,17H2,1H3,(H,26,29)/t18-/m0/s1. The van der Waals surface area contributed by atoms with Crippen LogP contribution in [0.25, 0.3) is 0 Å². The fourth-order valence-corrected chi connectivity index (χ4v) is 4.29. The average molecular weight is 457 g/mol. The molecule has 1 aliphatic carbocycles. The summed E-state index contributed by atoms with van der Waals surface area (Å²) >= 11 is 3.49. The quantitative estimate of drug-likeness (QED) is 0.616. The van der Waals surface area contributed by atoms with E-state index in [0.29, 0.717) is 19.4 Å². The van der Waals surface area contributed by atoms with E-state index in [-0.39, 0.29) is 17.9 Å². The van der Waals surface area contributed by atoms with E-state index in [1.54, 1.807) is 4.90 Å². The highest BCUT2D eigenvalue weighted by atomic mass is 79.9. The number of hydrogen-bond donors (Lipinski definition) is 1. The Balaban J connectivity index is 1.70. The lowest BCUT2D eigenvalue weighted by Crippen LogP contribution is -2.49. The molecule has 1 fully saturated rings. The number of benzene rings is 2. The Labute approximate surface area is 181 Å². The molecule has 0 saturated heterocycles. The minimum Gasteiger partial charge on any atom is -0.352 e. The first-order chi connectivity index (χ1) is 14.0. The molecule has 2 aromatic rings. The van der Waals surface area contributed by atoms with Crippen LogP contribution in [0.3, 0.4) is 0 Å². The number of amides is 2. The van der Waals surface area contributed by atoms with E-state index in [0.717, 1.165) is 41.3 Å². The van der Waals surface area contributed by atoms with Gasteiger partial charge in [0.2, 0.25) is 11.8 Å². The van der Waals surface area contributed by atoms with Crippen molar-refractivity contribution >= 4 is 27.7 Å². The molecular weight excluding hydrogens is 428 g/mol. The van der Waals surface area contributed by atoms with E-state index in [9.17, 15) is 9.59 Å². The number of nitrogens with zero attached hydrogens (tertiary/aromatic N) is 1. The van der Waals surface area contributed by atoms with Crippen LogP contribution in [-0.2, 0) is 22.6 Å². The molecule has 29 heavy (non-hydrogen) atoms. The van der Waals surface area contributed by atoms with Crippen molar-refractivity contribution in [2.75, 3.05) is 0 Å². The summed E-state index contributed by atoms with van der Waals surface area (Å²) in [5.74, 6) is -0.0529. The highest BCUT2D eigenvalue weighted by molar-refractivity contribution is 9.10. The highest BCUT2D eigenvalue weighted by Crippen LogP contribution is 2.20. The molecule has 4 nitrogen and oxygen atoms in total. The van der Waals surface area contributed by atoms with Crippen molar-refractivity contribution in [2.45, 2.75) is 64.1 Å². The molecule has 0 spiro atoms. The van der Waals surface area contributed by atoms with Gasteiger partial charge in [0.15, 0.2) is 0 Å². The minimum atomic E-state index is -0.502. The number of rotatable bonds is 8. The van der Waals surface area contributed by atoms with Crippen molar-refractivity contribution < 1.29 is 9.59 Å². The second-order valence-electron chi connectivity index (χ2n) is 7.80. The van der Waals surface area contributed by atoms with E-state index in [1.165, 1.54) is 0 Å². The van der Waals surface area contributed by atoms with Gasteiger partial charge in [0.05, 0.1) is 0 Å². The van der Waals surface area contributed by atoms with Crippen LogP contribution >= 0.6 is 15.9 Å². The molecule has 5 heteroatoms. The number of halogens is 1. The lowest BCUT2D eigenvalue weighted by atomic mass is 10.1. The Morgan fingerprint density at radius 2 is 1.76 bits per heavy atom. The Hall–Kier alpha value is -2.14. The largest absolute Gasteiger partial charge is 0.352 e. The van der Waals surface area contributed by atoms with E-state index < -0.39 is 6.04 Å². The summed E-state index contributed by atoms with van der Waals surface area (Å²) < 4.78 is 0.967. The third-order valence-corrected chi connectivity index (χ3v) is 6.07. The van der Waals surface area contributed by atoms with Crippen LogP contribution in [-0.4, -0.2) is 28.8 Å². The van der Waals surface area contributed by atoms with Gasteiger partial charge in [0.1, 0.15) is 6.04 Å². The Morgan fingerprint density at radius 3 is 2.45 bits per heavy atom. The van der Waals surface area contributed by atoms with Crippen molar-refractivity contribution in [1.29, 1.82) is 0 Å². The van der Waals surface area contributed by atoms with Gasteiger partial charge >= 0.3 is 0 Å². The maximum Gasteiger partial charge on any atom is 0.242 e. The zero-order valence-corrected chi connectivity index (χ0v) is 18.5. The Kier molecular flexibility index (Phi) is 7.87. The smallest absolute Gasteiger partial charge is 0.242 e. The van der Waals surface area contributed by atoms with Gasteiger partial charge in [-0.25, -0.2) is 0 Å². The maximum absolute atomic E-state index is 13.1. The van der Waals surface area contributed by atoms with Crippen molar-refractivity contribution in [1.82, 2.24) is 10.2 Å². The van der Waals surface area contributed by atoms with Gasteiger partial charge in [-0.1, -0.05) is 71.2 Å². The van der Waals surface area contributed by atoms with Crippen LogP contribution in [0.15, 0.2) is 59.1 Å². The summed E-state index contributed by atoms with van der Waals surface area (Å²) in [6, 6.07) is 17.6. The van der Waals surface area contributed by atoms with E-state index >= 15 is 0 Å². The molecule has 0 aliphatic heterocycles. The van der Waals surface area contributed by atoms with E-state index in [2.05, 4.69) is 21.2 Å². The molecule has 1 N–H and O–H groups in total. The monoisotopic (exact) mass is 456 g/mol. The topological polar surface area (TPSA) is 49.4 Å². The molecule has 1 atom stereocenters. The summed E-state index contributed by atoms with van der Waals surface area (Å²) in [6.07, 6.45) is 5.46. The molecule has 0 heterocycles. The number of carbonyl (C=O) groups is 2. The second kappa shape index (κ2) is 10.6. The van der Waals surface area contributed by atoms with Gasteiger partial charge < -0.3 is 10.2 Å². The van der Waals surface area contributed by atoms with Gasteiger partial charge in [-0.15, -0.1) is 0 Å². The van der Waals surface area contributed by atoms with Crippen molar-refractivity contribution in [3.05, 3.63) is 70.2 Å². The fourth-order valence-electron chi connectivity index (χ4n) is 3.85. The van der Waals surface area contributed by atoms with Crippen LogP contribution in [0.2, 0.25) is 0 Å². The highest BCUT2D eigenvalue weighted by Gasteiger charge is 2.28. The van der Waals surface area contributed by atoms with Gasteiger partial charge in [0, 0.05) is 23.5 Å². The van der Waals surface area contributed by atoms with Crippen LogP contribution in [0.5, 0.6) is 0 Å². The fraction of sp³-hybridized carbons (Fsp3) is 0.417. The molecule has 0 aromatic heterocycles. The predicted molar refractivity (Wildman–Crippen MR) is 119 cm³/mol.